The third kappa shape index (κ3) is 4.60. The van der Waals surface area contributed by atoms with E-state index in [1.165, 1.54) is 6.92 Å². The van der Waals surface area contributed by atoms with Gasteiger partial charge in [-0.1, -0.05) is 6.92 Å². The molecule has 1 heterocycles. The van der Waals surface area contributed by atoms with Crippen molar-refractivity contribution in [1.82, 2.24) is 9.97 Å². The van der Waals surface area contributed by atoms with Crippen LogP contribution < -0.4 is 5.32 Å². The lowest BCUT2D eigenvalue weighted by Crippen LogP contribution is -2.10. The summed E-state index contributed by atoms with van der Waals surface area (Å²) < 4.78 is 0. The third-order valence-electron chi connectivity index (χ3n) is 2.69. The largest absolute Gasteiger partial charge is 0.396 e. The zero-order valence-corrected chi connectivity index (χ0v) is 11.6. The number of nitrogens with one attached hydrogen (secondary N) is 1. The second kappa shape index (κ2) is 7.20. The fraction of sp³-hybridized carbons (Fsp3) is 0.636. The van der Waals surface area contributed by atoms with Crippen LogP contribution in [0.1, 0.15) is 25.5 Å². The molecular formula is C11H17ClN4O3. The van der Waals surface area contributed by atoms with Gasteiger partial charge in [0.05, 0.1) is 4.92 Å². The van der Waals surface area contributed by atoms with Crippen LogP contribution in [0.15, 0.2) is 0 Å². The SMILES string of the molecule is Cc1nc(Cl)nc(NCCCC(C)CO)c1[N+](=O)[O-]. The van der Waals surface area contributed by atoms with Gasteiger partial charge in [0.15, 0.2) is 0 Å². The fourth-order valence-electron chi connectivity index (χ4n) is 1.62. The number of hydrogen-bond donors (Lipinski definition) is 2. The molecule has 0 aromatic carbocycles. The lowest BCUT2D eigenvalue weighted by Gasteiger charge is -2.09. The van der Waals surface area contributed by atoms with Gasteiger partial charge in [-0.25, -0.2) is 4.98 Å². The number of rotatable bonds is 7. The van der Waals surface area contributed by atoms with Crippen molar-refractivity contribution in [3.8, 4) is 0 Å². The van der Waals surface area contributed by atoms with Crippen molar-refractivity contribution in [2.24, 2.45) is 5.92 Å². The Balaban J connectivity index is 2.69. The molecular weight excluding hydrogens is 272 g/mol. The van der Waals surface area contributed by atoms with Crippen LogP contribution in [0.2, 0.25) is 5.28 Å². The molecule has 19 heavy (non-hydrogen) atoms. The van der Waals surface area contributed by atoms with Gasteiger partial charge in [0.25, 0.3) is 0 Å². The van der Waals surface area contributed by atoms with E-state index >= 15 is 0 Å². The molecule has 0 radical (unpaired) electrons. The highest BCUT2D eigenvalue weighted by Crippen LogP contribution is 2.26. The molecule has 1 aromatic rings. The van der Waals surface area contributed by atoms with Crippen molar-refractivity contribution in [2.75, 3.05) is 18.5 Å². The first-order chi connectivity index (χ1) is 8.95. The van der Waals surface area contributed by atoms with E-state index in [4.69, 9.17) is 16.7 Å². The smallest absolute Gasteiger partial charge is 0.332 e. The first kappa shape index (κ1) is 15.6. The van der Waals surface area contributed by atoms with E-state index in [9.17, 15) is 10.1 Å². The van der Waals surface area contributed by atoms with Crippen LogP contribution in [-0.4, -0.2) is 33.1 Å². The quantitative estimate of drug-likeness (QED) is 0.345. The lowest BCUT2D eigenvalue weighted by atomic mass is 10.1. The van der Waals surface area contributed by atoms with Crippen molar-refractivity contribution in [3.63, 3.8) is 0 Å². The second-order valence-corrected chi connectivity index (χ2v) is 4.73. The van der Waals surface area contributed by atoms with Gasteiger partial charge in [0.1, 0.15) is 5.69 Å². The van der Waals surface area contributed by atoms with Gasteiger partial charge >= 0.3 is 5.69 Å². The van der Waals surface area contributed by atoms with E-state index < -0.39 is 4.92 Å². The number of anilines is 1. The fourth-order valence-corrected chi connectivity index (χ4v) is 1.83. The topological polar surface area (TPSA) is 101 Å². The Kier molecular flexibility index (Phi) is 5.91. The van der Waals surface area contributed by atoms with Gasteiger partial charge in [-0.15, -0.1) is 0 Å². The maximum absolute atomic E-state index is 11.0. The number of hydrogen-bond acceptors (Lipinski definition) is 6. The van der Waals surface area contributed by atoms with Crippen LogP contribution >= 0.6 is 11.6 Å². The standard InChI is InChI=1S/C11H17ClN4O3/c1-7(6-17)4-3-5-13-10-9(16(18)19)8(2)14-11(12)15-10/h7,17H,3-6H2,1-2H3,(H,13,14,15). The van der Waals surface area contributed by atoms with Gasteiger partial charge in [-0.3, -0.25) is 10.1 Å². The summed E-state index contributed by atoms with van der Waals surface area (Å²) in [6.07, 6.45) is 1.61. The maximum Gasteiger partial charge on any atom is 0.332 e. The van der Waals surface area contributed by atoms with E-state index in [0.717, 1.165) is 12.8 Å². The first-order valence-corrected chi connectivity index (χ1v) is 6.36. The third-order valence-corrected chi connectivity index (χ3v) is 2.86. The van der Waals surface area contributed by atoms with Crippen LogP contribution in [0.5, 0.6) is 0 Å². The maximum atomic E-state index is 11.0. The highest BCUT2D eigenvalue weighted by molar-refractivity contribution is 6.28. The minimum atomic E-state index is -0.523. The predicted octanol–water partition coefficient (Wildman–Crippen LogP) is 2.17. The molecule has 0 aliphatic heterocycles. The summed E-state index contributed by atoms with van der Waals surface area (Å²) in [7, 11) is 0. The number of nitro groups is 1. The molecule has 0 amide bonds. The molecule has 0 fully saturated rings. The molecule has 1 aromatic heterocycles. The molecule has 0 saturated carbocycles. The lowest BCUT2D eigenvalue weighted by molar-refractivity contribution is -0.385. The molecule has 0 aliphatic carbocycles. The van der Waals surface area contributed by atoms with E-state index in [2.05, 4.69) is 15.3 Å². The van der Waals surface area contributed by atoms with Crippen molar-refractivity contribution in [2.45, 2.75) is 26.7 Å². The molecule has 1 rings (SSSR count). The van der Waals surface area contributed by atoms with Gasteiger partial charge in [0.2, 0.25) is 11.1 Å². The Labute approximate surface area is 116 Å². The van der Waals surface area contributed by atoms with E-state index in [0.29, 0.717) is 6.54 Å². The zero-order chi connectivity index (χ0) is 14.4. The van der Waals surface area contributed by atoms with Gasteiger partial charge in [-0.05, 0) is 37.3 Å². The summed E-state index contributed by atoms with van der Waals surface area (Å²) in [5.74, 6) is 0.353. The van der Waals surface area contributed by atoms with Gasteiger partial charge < -0.3 is 10.4 Å². The number of nitrogens with zero attached hydrogens (tertiary/aromatic N) is 3. The summed E-state index contributed by atoms with van der Waals surface area (Å²) in [6, 6.07) is 0. The van der Waals surface area contributed by atoms with E-state index in [1.807, 2.05) is 6.92 Å². The summed E-state index contributed by atoms with van der Waals surface area (Å²) in [6.45, 7) is 4.12. The second-order valence-electron chi connectivity index (χ2n) is 4.39. The van der Waals surface area contributed by atoms with Crippen molar-refractivity contribution >= 4 is 23.1 Å². The van der Waals surface area contributed by atoms with Gasteiger partial charge in [-0.2, -0.15) is 4.98 Å². The number of aryl methyl sites for hydroxylation is 1. The average molecular weight is 289 g/mol. The number of aliphatic hydroxyl groups is 1. The van der Waals surface area contributed by atoms with Crippen molar-refractivity contribution < 1.29 is 10.0 Å². The Morgan fingerprint density at radius 1 is 1.53 bits per heavy atom. The van der Waals surface area contributed by atoms with E-state index in [-0.39, 0.29) is 35.0 Å². The first-order valence-electron chi connectivity index (χ1n) is 5.99. The number of halogens is 1. The summed E-state index contributed by atoms with van der Waals surface area (Å²) in [5, 5.41) is 22.7. The molecule has 0 saturated heterocycles. The summed E-state index contributed by atoms with van der Waals surface area (Å²) in [4.78, 5) is 18.0. The Hall–Kier alpha value is -1.47. The van der Waals surface area contributed by atoms with Crippen molar-refractivity contribution in [1.29, 1.82) is 0 Å². The molecule has 7 nitrogen and oxygen atoms in total. The predicted molar refractivity (Wildman–Crippen MR) is 72.4 cm³/mol. The molecule has 0 aliphatic rings. The summed E-state index contributed by atoms with van der Waals surface area (Å²) >= 11 is 5.69. The molecule has 0 spiro atoms. The molecule has 1 unspecified atom stereocenters. The van der Waals surface area contributed by atoms with Crippen molar-refractivity contribution in [3.05, 3.63) is 21.1 Å². The highest BCUT2D eigenvalue weighted by Gasteiger charge is 2.21. The minimum Gasteiger partial charge on any atom is -0.396 e. The normalized spacial score (nSPS) is 12.2. The number of aliphatic hydroxyl groups excluding tert-OH is 1. The Morgan fingerprint density at radius 2 is 2.21 bits per heavy atom. The van der Waals surface area contributed by atoms with E-state index in [1.54, 1.807) is 0 Å². The van der Waals surface area contributed by atoms with Crippen LogP contribution in [0.3, 0.4) is 0 Å². The molecule has 2 N–H and O–H groups in total. The zero-order valence-electron chi connectivity index (χ0n) is 10.9. The van der Waals surface area contributed by atoms with Crippen LogP contribution in [-0.2, 0) is 0 Å². The Morgan fingerprint density at radius 3 is 2.79 bits per heavy atom. The Bertz CT molecular complexity index is 456. The molecule has 106 valence electrons. The van der Waals surface area contributed by atoms with Crippen LogP contribution in [0.4, 0.5) is 11.5 Å². The molecule has 8 heteroatoms. The molecule has 1 atom stereocenters. The number of aromatic nitrogens is 2. The van der Waals surface area contributed by atoms with Gasteiger partial charge in [0, 0.05) is 13.2 Å². The average Bonchev–Trinajstić information content (AvgIpc) is 2.32. The highest BCUT2D eigenvalue weighted by atomic mass is 35.5. The minimum absolute atomic E-state index is 0.0191. The van der Waals surface area contributed by atoms with Crippen LogP contribution in [0, 0.1) is 23.0 Å². The monoisotopic (exact) mass is 288 g/mol. The van der Waals surface area contributed by atoms with Crippen LogP contribution in [0.25, 0.3) is 0 Å². The summed E-state index contributed by atoms with van der Waals surface area (Å²) in [5.41, 5.74) is 0.0795. The molecule has 0 bridgehead atoms.